The van der Waals surface area contributed by atoms with Crippen molar-refractivity contribution in [1.82, 2.24) is 10.3 Å². The zero-order valence-electron chi connectivity index (χ0n) is 17.4. The Hall–Kier alpha value is -1.80. The number of aromatic nitrogens is 1. The van der Waals surface area contributed by atoms with Crippen molar-refractivity contribution < 1.29 is 23.6 Å². The highest BCUT2D eigenvalue weighted by molar-refractivity contribution is 6.62. The van der Waals surface area contributed by atoms with Gasteiger partial charge in [0.05, 0.1) is 17.8 Å². The van der Waals surface area contributed by atoms with Gasteiger partial charge in [-0.15, -0.1) is 0 Å². The fraction of sp³-hybridized carbons (Fsp3) is 0.684. The van der Waals surface area contributed by atoms with E-state index in [2.05, 4.69) is 10.3 Å². The topological polar surface area (TPSA) is 78.9 Å². The van der Waals surface area contributed by atoms with Crippen molar-refractivity contribution in [3.63, 3.8) is 0 Å². The first kappa shape index (κ1) is 21.5. The van der Waals surface area contributed by atoms with Crippen molar-refractivity contribution in [2.75, 3.05) is 13.2 Å². The van der Waals surface area contributed by atoms with Gasteiger partial charge in [-0.1, -0.05) is 0 Å². The van der Waals surface area contributed by atoms with Crippen molar-refractivity contribution >= 4 is 18.7 Å². The number of carbonyl (C=O) groups excluding carboxylic acids is 1. The smallest absolute Gasteiger partial charge is 0.478 e. The van der Waals surface area contributed by atoms with Gasteiger partial charge in [0.25, 0.3) is 0 Å². The Bertz CT molecular complexity index is 642. The summed E-state index contributed by atoms with van der Waals surface area (Å²) >= 11 is 0. The number of hydrogen-bond donors (Lipinski definition) is 1. The largest absolute Gasteiger partial charge is 0.495 e. The summed E-state index contributed by atoms with van der Waals surface area (Å²) in [6.07, 6.45) is 1.89. The zero-order valence-corrected chi connectivity index (χ0v) is 17.4. The van der Waals surface area contributed by atoms with Crippen LogP contribution in [0.2, 0.25) is 0 Å². The van der Waals surface area contributed by atoms with Crippen molar-refractivity contribution in [2.45, 2.75) is 71.7 Å². The molecule has 8 heteroatoms. The number of rotatable bonds is 6. The SMILES string of the molecule is CC(C)(C)OC(=O)NCCCOc1cc(B2OC(C)(C)C(C)(C)O2)ccn1. The molecule has 27 heavy (non-hydrogen) atoms. The van der Waals surface area contributed by atoms with Crippen molar-refractivity contribution in [1.29, 1.82) is 0 Å². The van der Waals surface area contributed by atoms with Gasteiger partial charge in [-0.3, -0.25) is 0 Å². The predicted molar refractivity (Wildman–Crippen MR) is 104 cm³/mol. The molecular weight excluding hydrogens is 347 g/mol. The highest BCUT2D eigenvalue weighted by Gasteiger charge is 2.51. The molecule has 7 nitrogen and oxygen atoms in total. The van der Waals surface area contributed by atoms with Gasteiger partial charge in [-0.2, -0.15) is 0 Å². The van der Waals surface area contributed by atoms with Crippen LogP contribution in [0.25, 0.3) is 0 Å². The van der Waals surface area contributed by atoms with Crippen LogP contribution in [-0.4, -0.2) is 48.2 Å². The molecule has 0 spiro atoms. The Kier molecular flexibility index (Phi) is 6.42. The van der Waals surface area contributed by atoms with E-state index in [0.717, 1.165) is 5.46 Å². The molecule has 2 rings (SSSR count). The Morgan fingerprint density at radius 2 is 1.85 bits per heavy atom. The minimum absolute atomic E-state index is 0.394. The van der Waals surface area contributed by atoms with Crippen molar-refractivity contribution in [3.8, 4) is 5.88 Å². The molecule has 2 heterocycles. The maximum Gasteiger partial charge on any atom is 0.495 e. The monoisotopic (exact) mass is 378 g/mol. The first-order valence-electron chi connectivity index (χ1n) is 9.31. The van der Waals surface area contributed by atoms with Crippen LogP contribution in [0.1, 0.15) is 54.9 Å². The molecule has 1 aromatic heterocycles. The first-order valence-corrected chi connectivity index (χ1v) is 9.31. The summed E-state index contributed by atoms with van der Waals surface area (Å²) in [5, 5.41) is 2.70. The minimum atomic E-state index is -0.502. The van der Waals surface area contributed by atoms with Crippen LogP contribution in [0.5, 0.6) is 5.88 Å². The van der Waals surface area contributed by atoms with Gasteiger partial charge >= 0.3 is 13.2 Å². The Morgan fingerprint density at radius 3 is 2.44 bits per heavy atom. The average Bonchev–Trinajstić information content (AvgIpc) is 2.74. The summed E-state index contributed by atoms with van der Waals surface area (Å²) in [6.45, 7) is 14.4. The third-order valence-corrected chi connectivity index (χ3v) is 4.52. The van der Waals surface area contributed by atoms with Crippen molar-refractivity contribution in [2.24, 2.45) is 0 Å². The van der Waals surface area contributed by atoms with Gasteiger partial charge in [0.1, 0.15) is 5.60 Å². The van der Waals surface area contributed by atoms with Crippen LogP contribution in [-0.2, 0) is 14.0 Å². The van der Waals surface area contributed by atoms with Crippen LogP contribution in [0.4, 0.5) is 4.79 Å². The quantitative estimate of drug-likeness (QED) is 0.606. The summed E-state index contributed by atoms with van der Waals surface area (Å²) in [5.41, 5.74) is -0.422. The fourth-order valence-corrected chi connectivity index (χ4v) is 2.38. The number of alkyl carbamates (subject to hydrolysis) is 1. The van der Waals surface area contributed by atoms with E-state index in [1.54, 1.807) is 6.20 Å². The molecule has 0 saturated carbocycles. The number of nitrogens with one attached hydrogen (secondary N) is 1. The summed E-state index contributed by atoms with van der Waals surface area (Å²) in [7, 11) is -0.450. The van der Waals surface area contributed by atoms with Gasteiger partial charge in [-0.05, 0) is 66.4 Å². The molecule has 1 aliphatic heterocycles. The molecule has 1 saturated heterocycles. The third-order valence-electron chi connectivity index (χ3n) is 4.52. The molecule has 0 aromatic carbocycles. The molecule has 1 aliphatic rings. The standard InChI is InChI=1S/C19H31BN2O5/c1-17(2,3)25-16(23)22-10-8-12-24-15-13-14(9-11-21-15)20-26-18(4,5)19(6,7)27-20/h9,11,13H,8,10,12H2,1-7H3,(H,22,23). The number of nitrogens with zero attached hydrogens (tertiary/aromatic N) is 1. The molecule has 0 radical (unpaired) electrons. The first-order chi connectivity index (χ1) is 12.4. The molecule has 150 valence electrons. The number of hydrogen-bond acceptors (Lipinski definition) is 6. The maximum atomic E-state index is 11.6. The van der Waals surface area contributed by atoms with Crippen LogP contribution < -0.4 is 15.5 Å². The van der Waals surface area contributed by atoms with E-state index in [1.165, 1.54) is 0 Å². The molecule has 1 N–H and O–H groups in total. The van der Waals surface area contributed by atoms with E-state index in [-0.39, 0.29) is 0 Å². The van der Waals surface area contributed by atoms with Gasteiger partial charge in [0, 0.05) is 18.8 Å². The maximum absolute atomic E-state index is 11.6. The van der Waals surface area contributed by atoms with Gasteiger partial charge < -0.3 is 24.1 Å². The Labute approximate surface area is 162 Å². The minimum Gasteiger partial charge on any atom is -0.478 e. The summed E-state index contributed by atoms with van der Waals surface area (Å²) in [6, 6.07) is 3.68. The lowest BCUT2D eigenvalue weighted by Gasteiger charge is -2.32. The number of amides is 1. The van der Waals surface area contributed by atoms with Gasteiger partial charge in [-0.25, -0.2) is 9.78 Å². The van der Waals surface area contributed by atoms with Crippen LogP contribution >= 0.6 is 0 Å². The predicted octanol–water partition coefficient (Wildman–Crippen LogP) is 2.67. The molecule has 0 aliphatic carbocycles. The second-order valence-corrected chi connectivity index (χ2v) is 8.65. The summed E-state index contributed by atoms with van der Waals surface area (Å²) < 4.78 is 23.0. The molecule has 1 aromatic rings. The lowest BCUT2D eigenvalue weighted by Crippen LogP contribution is -2.41. The highest BCUT2D eigenvalue weighted by Crippen LogP contribution is 2.36. The van der Waals surface area contributed by atoms with E-state index in [0.29, 0.717) is 25.5 Å². The molecule has 1 amide bonds. The number of carbonyl (C=O) groups is 1. The lowest BCUT2D eigenvalue weighted by molar-refractivity contribution is 0.00578. The van der Waals surface area contributed by atoms with Crippen LogP contribution in [0.15, 0.2) is 18.3 Å². The van der Waals surface area contributed by atoms with Crippen LogP contribution in [0.3, 0.4) is 0 Å². The Balaban J connectivity index is 1.79. The number of pyridine rings is 1. The highest BCUT2D eigenvalue weighted by atomic mass is 16.7. The molecular formula is C19H31BN2O5. The number of ether oxygens (including phenoxy) is 2. The van der Waals surface area contributed by atoms with E-state index in [9.17, 15) is 4.79 Å². The fourth-order valence-electron chi connectivity index (χ4n) is 2.38. The Morgan fingerprint density at radius 1 is 1.22 bits per heavy atom. The normalized spacial score (nSPS) is 18.3. The lowest BCUT2D eigenvalue weighted by atomic mass is 9.80. The van der Waals surface area contributed by atoms with E-state index in [4.69, 9.17) is 18.8 Å². The van der Waals surface area contributed by atoms with E-state index >= 15 is 0 Å². The zero-order chi connectivity index (χ0) is 20.3. The van der Waals surface area contributed by atoms with Gasteiger partial charge in [0.15, 0.2) is 0 Å². The molecule has 0 unspecified atom stereocenters. The average molecular weight is 378 g/mol. The molecule has 1 fully saturated rings. The van der Waals surface area contributed by atoms with E-state index < -0.39 is 30.0 Å². The second kappa shape index (κ2) is 8.06. The van der Waals surface area contributed by atoms with E-state index in [1.807, 2.05) is 60.6 Å². The molecule has 0 atom stereocenters. The van der Waals surface area contributed by atoms with Gasteiger partial charge in [0.2, 0.25) is 5.88 Å². The third kappa shape index (κ3) is 6.11. The van der Waals surface area contributed by atoms with Crippen LogP contribution in [0, 0.1) is 0 Å². The summed E-state index contributed by atoms with van der Waals surface area (Å²) in [5.74, 6) is 0.500. The second-order valence-electron chi connectivity index (χ2n) is 8.65. The summed E-state index contributed by atoms with van der Waals surface area (Å²) in [4.78, 5) is 15.8. The van der Waals surface area contributed by atoms with Crippen molar-refractivity contribution in [3.05, 3.63) is 18.3 Å². The molecule has 0 bridgehead atoms.